The maximum atomic E-state index is 12.0. The van der Waals surface area contributed by atoms with Crippen LogP contribution < -0.4 is 11.1 Å². The highest BCUT2D eigenvalue weighted by atomic mass is 16.2. The predicted molar refractivity (Wildman–Crippen MR) is 69.6 cm³/mol. The molecule has 0 heterocycles. The van der Waals surface area contributed by atoms with Gasteiger partial charge in [0.2, 0.25) is 5.91 Å². The molecule has 1 fully saturated rings. The number of carbonyl (C=O) groups excluding carboxylic acids is 1. The SMILES string of the molecule is NC1(C(=O)NCCC2=CCCCC2)CCCC1. The highest BCUT2D eigenvalue weighted by molar-refractivity contribution is 5.86. The Morgan fingerprint density at radius 2 is 2.06 bits per heavy atom. The first-order valence-electron chi connectivity index (χ1n) is 6.96. The fourth-order valence-electron chi connectivity index (χ4n) is 2.88. The van der Waals surface area contributed by atoms with Gasteiger partial charge in [0.15, 0.2) is 0 Å². The Morgan fingerprint density at radius 3 is 2.71 bits per heavy atom. The molecule has 0 atom stereocenters. The van der Waals surface area contributed by atoms with Crippen molar-refractivity contribution in [2.45, 2.75) is 63.3 Å². The summed E-state index contributed by atoms with van der Waals surface area (Å²) in [5.74, 6) is 0.0615. The fraction of sp³-hybridized carbons (Fsp3) is 0.786. The number of nitrogens with one attached hydrogen (secondary N) is 1. The summed E-state index contributed by atoms with van der Waals surface area (Å²) < 4.78 is 0. The largest absolute Gasteiger partial charge is 0.354 e. The third-order valence-electron chi connectivity index (χ3n) is 4.06. The van der Waals surface area contributed by atoms with Crippen LogP contribution in [0.5, 0.6) is 0 Å². The maximum Gasteiger partial charge on any atom is 0.240 e. The van der Waals surface area contributed by atoms with Gasteiger partial charge in [-0.05, 0) is 44.9 Å². The van der Waals surface area contributed by atoms with Crippen LogP contribution in [0, 0.1) is 0 Å². The molecule has 0 spiro atoms. The van der Waals surface area contributed by atoms with Crippen LogP contribution in [-0.4, -0.2) is 18.0 Å². The first-order chi connectivity index (χ1) is 8.21. The van der Waals surface area contributed by atoms with E-state index in [9.17, 15) is 4.79 Å². The van der Waals surface area contributed by atoms with Crippen molar-refractivity contribution in [3.8, 4) is 0 Å². The van der Waals surface area contributed by atoms with Gasteiger partial charge in [-0.1, -0.05) is 24.5 Å². The van der Waals surface area contributed by atoms with Crippen LogP contribution in [0.25, 0.3) is 0 Å². The lowest BCUT2D eigenvalue weighted by molar-refractivity contribution is -0.126. The van der Waals surface area contributed by atoms with Crippen molar-refractivity contribution in [2.24, 2.45) is 5.73 Å². The third-order valence-corrected chi connectivity index (χ3v) is 4.06. The number of hydrogen-bond donors (Lipinski definition) is 2. The molecule has 17 heavy (non-hydrogen) atoms. The van der Waals surface area contributed by atoms with Gasteiger partial charge in [0.05, 0.1) is 5.54 Å². The van der Waals surface area contributed by atoms with Crippen molar-refractivity contribution in [3.05, 3.63) is 11.6 Å². The van der Waals surface area contributed by atoms with Crippen molar-refractivity contribution in [1.82, 2.24) is 5.32 Å². The molecule has 0 unspecified atom stereocenters. The van der Waals surface area contributed by atoms with Crippen LogP contribution in [0.15, 0.2) is 11.6 Å². The van der Waals surface area contributed by atoms with Crippen LogP contribution in [-0.2, 0) is 4.79 Å². The molecule has 2 aliphatic rings. The van der Waals surface area contributed by atoms with Crippen LogP contribution >= 0.6 is 0 Å². The average molecular weight is 236 g/mol. The van der Waals surface area contributed by atoms with Crippen molar-refractivity contribution >= 4 is 5.91 Å². The van der Waals surface area contributed by atoms with E-state index >= 15 is 0 Å². The molecule has 1 saturated carbocycles. The number of hydrogen-bond acceptors (Lipinski definition) is 2. The molecule has 3 heteroatoms. The van der Waals surface area contributed by atoms with Gasteiger partial charge >= 0.3 is 0 Å². The van der Waals surface area contributed by atoms with E-state index in [4.69, 9.17) is 5.73 Å². The van der Waals surface area contributed by atoms with Crippen LogP contribution in [0.3, 0.4) is 0 Å². The highest BCUT2D eigenvalue weighted by Crippen LogP contribution is 2.27. The molecule has 1 amide bonds. The second-order valence-electron chi connectivity index (χ2n) is 5.48. The first-order valence-corrected chi connectivity index (χ1v) is 6.96. The lowest BCUT2D eigenvalue weighted by Crippen LogP contribution is -2.52. The molecule has 0 aromatic heterocycles. The molecule has 3 nitrogen and oxygen atoms in total. The summed E-state index contributed by atoms with van der Waals surface area (Å²) in [4.78, 5) is 12.0. The Bertz CT molecular complexity index is 303. The molecule has 0 bridgehead atoms. The monoisotopic (exact) mass is 236 g/mol. The normalized spacial score (nSPS) is 23.2. The molecule has 0 aromatic rings. The van der Waals surface area contributed by atoms with Gasteiger partial charge in [-0.25, -0.2) is 0 Å². The van der Waals surface area contributed by atoms with Gasteiger partial charge in [-0.2, -0.15) is 0 Å². The number of rotatable bonds is 4. The van der Waals surface area contributed by atoms with Crippen molar-refractivity contribution < 1.29 is 4.79 Å². The molecule has 0 saturated heterocycles. The number of nitrogens with two attached hydrogens (primary N) is 1. The number of carbonyl (C=O) groups is 1. The van der Waals surface area contributed by atoms with Gasteiger partial charge < -0.3 is 11.1 Å². The topological polar surface area (TPSA) is 55.1 Å². The molecular weight excluding hydrogens is 212 g/mol. The smallest absolute Gasteiger partial charge is 0.240 e. The Hall–Kier alpha value is -0.830. The Balaban J connectivity index is 1.71. The zero-order chi connectivity index (χ0) is 12.1. The Kier molecular flexibility index (Phi) is 4.21. The zero-order valence-electron chi connectivity index (χ0n) is 10.6. The van der Waals surface area contributed by atoms with E-state index < -0.39 is 5.54 Å². The molecule has 0 aromatic carbocycles. The molecule has 2 aliphatic carbocycles. The molecule has 3 N–H and O–H groups in total. The molecule has 2 rings (SSSR count). The van der Waals surface area contributed by atoms with E-state index in [1.807, 2.05) is 0 Å². The lowest BCUT2D eigenvalue weighted by atomic mass is 9.96. The van der Waals surface area contributed by atoms with Crippen LogP contribution in [0.2, 0.25) is 0 Å². The Morgan fingerprint density at radius 1 is 1.29 bits per heavy atom. The summed E-state index contributed by atoms with van der Waals surface area (Å²) >= 11 is 0. The van der Waals surface area contributed by atoms with Crippen molar-refractivity contribution in [1.29, 1.82) is 0 Å². The zero-order valence-corrected chi connectivity index (χ0v) is 10.6. The summed E-state index contributed by atoms with van der Waals surface area (Å²) in [7, 11) is 0. The van der Waals surface area contributed by atoms with Gasteiger partial charge in [0.25, 0.3) is 0 Å². The third kappa shape index (κ3) is 3.32. The fourth-order valence-corrected chi connectivity index (χ4v) is 2.88. The van der Waals surface area contributed by atoms with E-state index in [0.717, 1.165) is 38.6 Å². The summed E-state index contributed by atoms with van der Waals surface area (Å²) in [6.07, 6.45) is 12.3. The first kappa shape index (κ1) is 12.6. The van der Waals surface area contributed by atoms with E-state index in [0.29, 0.717) is 0 Å². The van der Waals surface area contributed by atoms with Gasteiger partial charge in [0.1, 0.15) is 0 Å². The second-order valence-corrected chi connectivity index (χ2v) is 5.48. The van der Waals surface area contributed by atoms with Crippen molar-refractivity contribution in [2.75, 3.05) is 6.54 Å². The summed E-state index contributed by atoms with van der Waals surface area (Å²) in [6, 6.07) is 0. The highest BCUT2D eigenvalue weighted by Gasteiger charge is 2.36. The van der Waals surface area contributed by atoms with Crippen LogP contribution in [0.1, 0.15) is 57.8 Å². The lowest BCUT2D eigenvalue weighted by Gasteiger charge is -2.22. The van der Waals surface area contributed by atoms with E-state index in [2.05, 4.69) is 11.4 Å². The quantitative estimate of drug-likeness (QED) is 0.736. The average Bonchev–Trinajstić information content (AvgIpc) is 2.79. The predicted octanol–water partition coefficient (Wildman–Crippen LogP) is 2.26. The van der Waals surface area contributed by atoms with Crippen molar-refractivity contribution in [3.63, 3.8) is 0 Å². The molecule has 96 valence electrons. The van der Waals surface area contributed by atoms with E-state index in [-0.39, 0.29) is 5.91 Å². The minimum Gasteiger partial charge on any atom is -0.354 e. The van der Waals surface area contributed by atoms with Gasteiger partial charge in [-0.15, -0.1) is 0 Å². The summed E-state index contributed by atoms with van der Waals surface area (Å²) in [5, 5.41) is 3.01. The van der Waals surface area contributed by atoms with Crippen LogP contribution in [0.4, 0.5) is 0 Å². The standard InChI is InChI=1S/C14H24N2O/c15-14(9-4-5-10-14)13(17)16-11-8-12-6-2-1-3-7-12/h6H,1-5,7-11,15H2,(H,16,17). The van der Waals surface area contributed by atoms with Gasteiger partial charge in [0, 0.05) is 6.54 Å². The van der Waals surface area contributed by atoms with E-state index in [1.54, 1.807) is 0 Å². The molecule has 0 radical (unpaired) electrons. The number of amides is 1. The summed E-state index contributed by atoms with van der Waals surface area (Å²) in [5.41, 5.74) is 7.04. The summed E-state index contributed by atoms with van der Waals surface area (Å²) in [6.45, 7) is 0.754. The van der Waals surface area contributed by atoms with E-state index in [1.165, 1.54) is 31.3 Å². The molecular formula is C14H24N2O. The maximum absolute atomic E-state index is 12.0. The minimum absolute atomic E-state index is 0.0615. The molecule has 0 aliphatic heterocycles. The van der Waals surface area contributed by atoms with Gasteiger partial charge in [-0.3, -0.25) is 4.79 Å². The second kappa shape index (κ2) is 5.67. The Labute approximate surface area is 104 Å². The minimum atomic E-state index is -0.569. The number of allylic oxidation sites excluding steroid dienone is 1.